The third-order valence-corrected chi connectivity index (χ3v) is 3.73. The molecule has 2 rings (SSSR count). The largest absolute Gasteiger partial charge is 0.495 e. The summed E-state index contributed by atoms with van der Waals surface area (Å²) in [4.78, 5) is 11.5. The van der Waals surface area contributed by atoms with Crippen LogP contribution in [0, 0.1) is 6.92 Å². The fourth-order valence-electron chi connectivity index (χ4n) is 2.22. The molecule has 21 heavy (non-hydrogen) atoms. The number of carbonyl (C=O) groups is 1. The predicted molar refractivity (Wildman–Crippen MR) is 83.3 cm³/mol. The highest BCUT2D eigenvalue weighted by Crippen LogP contribution is 2.28. The van der Waals surface area contributed by atoms with Gasteiger partial charge in [-0.25, -0.2) is 0 Å². The molecule has 0 aliphatic heterocycles. The van der Waals surface area contributed by atoms with Gasteiger partial charge in [-0.15, -0.1) is 0 Å². The van der Waals surface area contributed by atoms with Crippen LogP contribution in [0.2, 0.25) is 5.02 Å². The molecule has 0 heterocycles. The second kappa shape index (κ2) is 6.64. The molecule has 3 nitrogen and oxygen atoms in total. The highest BCUT2D eigenvalue weighted by molar-refractivity contribution is 6.32. The predicted octanol–water partition coefficient (Wildman–Crippen LogP) is 4.07. The Bertz CT molecular complexity index is 635. The number of aryl methyl sites for hydroxylation is 1. The summed E-state index contributed by atoms with van der Waals surface area (Å²) in [6, 6.07) is 12.9. The van der Waals surface area contributed by atoms with Crippen molar-refractivity contribution < 1.29 is 14.6 Å². The Morgan fingerprint density at radius 1 is 1.24 bits per heavy atom. The number of aliphatic carboxylic acids is 1. The van der Waals surface area contributed by atoms with E-state index in [9.17, 15) is 9.90 Å². The number of carboxylic acids is 1. The topological polar surface area (TPSA) is 46.5 Å². The average molecular weight is 305 g/mol. The van der Waals surface area contributed by atoms with Gasteiger partial charge in [0.1, 0.15) is 5.75 Å². The Hall–Kier alpha value is -2.00. The van der Waals surface area contributed by atoms with Gasteiger partial charge >= 0.3 is 5.97 Å². The molecular formula is C17H17ClO3. The maximum Gasteiger partial charge on any atom is 0.311 e. The third kappa shape index (κ3) is 3.76. The molecule has 0 aromatic heterocycles. The number of benzene rings is 2. The van der Waals surface area contributed by atoms with Crippen LogP contribution in [0.5, 0.6) is 5.75 Å². The molecule has 0 spiro atoms. The second-order valence-electron chi connectivity index (χ2n) is 4.97. The first kappa shape index (κ1) is 15.4. The van der Waals surface area contributed by atoms with E-state index in [1.165, 1.54) is 0 Å². The van der Waals surface area contributed by atoms with Crippen molar-refractivity contribution in [3.8, 4) is 5.75 Å². The molecule has 0 radical (unpaired) electrons. The van der Waals surface area contributed by atoms with Gasteiger partial charge in [0.05, 0.1) is 18.1 Å². The first-order chi connectivity index (χ1) is 10.0. The third-order valence-electron chi connectivity index (χ3n) is 3.43. The van der Waals surface area contributed by atoms with Crippen molar-refractivity contribution in [1.82, 2.24) is 0 Å². The second-order valence-corrected chi connectivity index (χ2v) is 5.38. The van der Waals surface area contributed by atoms with Gasteiger partial charge in [-0.05, 0) is 36.6 Å². The highest BCUT2D eigenvalue weighted by Gasteiger charge is 2.20. The standard InChI is InChI=1S/C17H17ClO3/c1-11-3-6-13(7-4-11)14(17(19)20)9-12-5-8-16(21-2)15(18)10-12/h3-8,10,14H,9H2,1-2H3,(H,19,20). The van der Waals surface area contributed by atoms with Crippen LogP contribution in [0.25, 0.3) is 0 Å². The zero-order valence-corrected chi connectivity index (χ0v) is 12.7. The van der Waals surface area contributed by atoms with E-state index in [0.717, 1.165) is 16.7 Å². The van der Waals surface area contributed by atoms with Crippen molar-refractivity contribution >= 4 is 17.6 Å². The number of methoxy groups -OCH3 is 1. The van der Waals surface area contributed by atoms with Crippen molar-refractivity contribution in [3.63, 3.8) is 0 Å². The molecule has 0 saturated heterocycles. The molecule has 0 fully saturated rings. The quantitative estimate of drug-likeness (QED) is 0.906. The number of rotatable bonds is 5. The van der Waals surface area contributed by atoms with Crippen LogP contribution in [-0.4, -0.2) is 18.2 Å². The summed E-state index contributed by atoms with van der Waals surface area (Å²) >= 11 is 6.09. The minimum absolute atomic E-state index is 0.391. The SMILES string of the molecule is COc1ccc(CC(C(=O)O)c2ccc(C)cc2)cc1Cl. The highest BCUT2D eigenvalue weighted by atomic mass is 35.5. The van der Waals surface area contributed by atoms with E-state index in [1.807, 2.05) is 37.3 Å². The summed E-state index contributed by atoms with van der Waals surface area (Å²) in [5.41, 5.74) is 2.77. The van der Waals surface area contributed by atoms with Crippen LogP contribution < -0.4 is 4.74 Å². The number of hydrogen-bond donors (Lipinski definition) is 1. The van der Waals surface area contributed by atoms with Crippen molar-refractivity contribution in [3.05, 3.63) is 64.2 Å². The summed E-state index contributed by atoms with van der Waals surface area (Å²) in [7, 11) is 1.55. The first-order valence-electron chi connectivity index (χ1n) is 6.63. The molecule has 2 aromatic rings. The normalized spacial score (nSPS) is 12.0. The molecular weight excluding hydrogens is 288 g/mol. The summed E-state index contributed by atoms with van der Waals surface area (Å²) in [6.07, 6.45) is 0.391. The monoisotopic (exact) mass is 304 g/mol. The van der Waals surface area contributed by atoms with E-state index in [2.05, 4.69) is 0 Å². The van der Waals surface area contributed by atoms with Gasteiger partial charge in [0.15, 0.2) is 0 Å². The van der Waals surface area contributed by atoms with Crippen LogP contribution in [0.4, 0.5) is 0 Å². The minimum Gasteiger partial charge on any atom is -0.495 e. The van der Waals surface area contributed by atoms with Crippen LogP contribution in [0.1, 0.15) is 22.6 Å². The zero-order chi connectivity index (χ0) is 15.4. The zero-order valence-electron chi connectivity index (χ0n) is 12.0. The lowest BCUT2D eigenvalue weighted by Crippen LogP contribution is -2.14. The van der Waals surface area contributed by atoms with Crippen LogP contribution in [0.15, 0.2) is 42.5 Å². The Morgan fingerprint density at radius 2 is 1.90 bits per heavy atom. The maximum atomic E-state index is 11.5. The van der Waals surface area contributed by atoms with E-state index < -0.39 is 11.9 Å². The van der Waals surface area contributed by atoms with Crippen molar-refractivity contribution in [2.45, 2.75) is 19.3 Å². The minimum atomic E-state index is -0.842. The van der Waals surface area contributed by atoms with Gasteiger partial charge < -0.3 is 9.84 Å². The number of ether oxygens (including phenoxy) is 1. The van der Waals surface area contributed by atoms with Crippen molar-refractivity contribution in [2.75, 3.05) is 7.11 Å². The summed E-state index contributed by atoms with van der Waals surface area (Å²) < 4.78 is 5.10. The lowest BCUT2D eigenvalue weighted by Gasteiger charge is -2.14. The smallest absolute Gasteiger partial charge is 0.311 e. The fraction of sp³-hybridized carbons (Fsp3) is 0.235. The van der Waals surface area contributed by atoms with Crippen molar-refractivity contribution in [1.29, 1.82) is 0 Å². The fourth-order valence-corrected chi connectivity index (χ4v) is 2.50. The molecule has 0 amide bonds. The molecule has 0 aliphatic rings. The Balaban J connectivity index is 2.26. The van der Waals surface area contributed by atoms with Gasteiger partial charge in [-0.3, -0.25) is 4.79 Å². The molecule has 1 N–H and O–H groups in total. The lowest BCUT2D eigenvalue weighted by molar-refractivity contribution is -0.138. The molecule has 0 bridgehead atoms. The molecule has 4 heteroatoms. The maximum absolute atomic E-state index is 11.5. The van der Waals surface area contributed by atoms with Crippen molar-refractivity contribution in [2.24, 2.45) is 0 Å². The van der Waals surface area contributed by atoms with Crippen LogP contribution in [0.3, 0.4) is 0 Å². The summed E-state index contributed by atoms with van der Waals surface area (Å²) in [5.74, 6) is -0.844. The number of carboxylic acid groups (broad SMARTS) is 1. The van der Waals surface area contributed by atoms with Gasteiger partial charge in [0, 0.05) is 0 Å². The Kier molecular flexibility index (Phi) is 4.86. The number of hydrogen-bond acceptors (Lipinski definition) is 2. The number of halogens is 1. The molecule has 1 unspecified atom stereocenters. The average Bonchev–Trinajstić information content (AvgIpc) is 2.46. The Labute approximate surface area is 129 Å². The summed E-state index contributed by atoms with van der Waals surface area (Å²) in [5, 5.41) is 9.96. The Morgan fingerprint density at radius 3 is 2.43 bits per heavy atom. The van der Waals surface area contributed by atoms with Gasteiger partial charge in [0.25, 0.3) is 0 Å². The molecule has 110 valence electrons. The van der Waals surface area contributed by atoms with Gasteiger partial charge in [-0.2, -0.15) is 0 Å². The van der Waals surface area contributed by atoms with Gasteiger partial charge in [-0.1, -0.05) is 47.5 Å². The lowest BCUT2D eigenvalue weighted by atomic mass is 9.91. The van der Waals surface area contributed by atoms with E-state index in [1.54, 1.807) is 19.2 Å². The first-order valence-corrected chi connectivity index (χ1v) is 7.01. The van der Waals surface area contributed by atoms with Crippen LogP contribution in [-0.2, 0) is 11.2 Å². The molecule has 0 aliphatic carbocycles. The van der Waals surface area contributed by atoms with E-state index in [4.69, 9.17) is 16.3 Å². The molecule has 2 aromatic carbocycles. The molecule has 1 atom stereocenters. The summed E-state index contributed by atoms with van der Waals surface area (Å²) in [6.45, 7) is 1.97. The van der Waals surface area contributed by atoms with E-state index in [0.29, 0.717) is 17.2 Å². The van der Waals surface area contributed by atoms with E-state index >= 15 is 0 Å². The van der Waals surface area contributed by atoms with Crippen LogP contribution >= 0.6 is 11.6 Å². The molecule has 0 saturated carbocycles. The van der Waals surface area contributed by atoms with E-state index in [-0.39, 0.29) is 0 Å². The van der Waals surface area contributed by atoms with Gasteiger partial charge in [0.2, 0.25) is 0 Å².